The van der Waals surface area contributed by atoms with Crippen molar-refractivity contribution in [3.05, 3.63) is 18.0 Å². The highest BCUT2D eigenvalue weighted by molar-refractivity contribution is 7.90. The lowest BCUT2D eigenvalue weighted by atomic mass is 10.1. The van der Waals surface area contributed by atoms with E-state index in [9.17, 15) is 8.42 Å². The van der Waals surface area contributed by atoms with E-state index < -0.39 is 9.84 Å². The summed E-state index contributed by atoms with van der Waals surface area (Å²) >= 11 is 0. The topological polar surface area (TPSA) is 78.0 Å². The molecule has 0 saturated carbocycles. The molecule has 6 heteroatoms. The van der Waals surface area contributed by atoms with Gasteiger partial charge in [0.25, 0.3) is 0 Å². The van der Waals surface area contributed by atoms with Crippen molar-refractivity contribution in [1.82, 2.24) is 9.78 Å². The molecule has 0 aliphatic heterocycles. The fourth-order valence-corrected chi connectivity index (χ4v) is 1.82. The van der Waals surface area contributed by atoms with Crippen molar-refractivity contribution in [1.29, 1.82) is 0 Å². The van der Waals surface area contributed by atoms with Gasteiger partial charge in [0.05, 0.1) is 11.9 Å². The van der Waals surface area contributed by atoms with Crippen LogP contribution in [-0.4, -0.2) is 30.2 Å². The summed E-state index contributed by atoms with van der Waals surface area (Å²) in [6, 6.07) is -0.251. The molecule has 1 aromatic heterocycles. The van der Waals surface area contributed by atoms with Crippen molar-refractivity contribution in [2.75, 3.05) is 12.0 Å². The Kier molecular flexibility index (Phi) is 3.28. The van der Waals surface area contributed by atoms with Crippen molar-refractivity contribution in [2.24, 2.45) is 12.8 Å². The Morgan fingerprint density at radius 2 is 2.29 bits per heavy atom. The zero-order chi connectivity index (χ0) is 10.8. The minimum Gasteiger partial charge on any atom is -0.324 e. The molecule has 0 amide bonds. The van der Waals surface area contributed by atoms with Crippen molar-refractivity contribution in [3.63, 3.8) is 0 Å². The van der Waals surface area contributed by atoms with Gasteiger partial charge in [0, 0.05) is 31.1 Å². The number of rotatable bonds is 4. The van der Waals surface area contributed by atoms with Crippen LogP contribution in [0.4, 0.5) is 0 Å². The maximum Gasteiger partial charge on any atom is 0.147 e. The fourth-order valence-electron chi connectivity index (χ4n) is 1.14. The van der Waals surface area contributed by atoms with Crippen LogP contribution in [0, 0.1) is 0 Å². The van der Waals surface area contributed by atoms with Crippen LogP contribution in [0.3, 0.4) is 0 Å². The second-order valence-electron chi connectivity index (χ2n) is 3.47. The number of aromatic nitrogens is 2. The monoisotopic (exact) mass is 217 g/mol. The minimum absolute atomic E-state index is 0.114. The average Bonchev–Trinajstić information content (AvgIpc) is 2.46. The van der Waals surface area contributed by atoms with Gasteiger partial charge in [-0.25, -0.2) is 8.42 Å². The highest BCUT2D eigenvalue weighted by atomic mass is 32.2. The third kappa shape index (κ3) is 3.47. The van der Waals surface area contributed by atoms with Gasteiger partial charge >= 0.3 is 0 Å². The lowest BCUT2D eigenvalue weighted by molar-refractivity contribution is 0.591. The van der Waals surface area contributed by atoms with Gasteiger partial charge in [-0.3, -0.25) is 4.68 Å². The van der Waals surface area contributed by atoms with E-state index >= 15 is 0 Å². The summed E-state index contributed by atoms with van der Waals surface area (Å²) < 4.78 is 23.4. The molecule has 1 atom stereocenters. The first-order chi connectivity index (χ1) is 6.38. The van der Waals surface area contributed by atoms with Gasteiger partial charge < -0.3 is 5.73 Å². The minimum atomic E-state index is -2.93. The van der Waals surface area contributed by atoms with E-state index in [1.807, 2.05) is 0 Å². The number of hydrogen-bond acceptors (Lipinski definition) is 4. The van der Waals surface area contributed by atoms with Gasteiger partial charge in [0.2, 0.25) is 0 Å². The summed E-state index contributed by atoms with van der Waals surface area (Å²) in [4.78, 5) is 0. The lowest BCUT2D eigenvalue weighted by Crippen LogP contribution is -2.15. The van der Waals surface area contributed by atoms with Crippen molar-refractivity contribution in [2.45, 2.75) is 12.5 Å². The normalized spacial score (nSPS) is 14.2. The first-order valence-corrected chi connectivity index (χ1v) is 6.36. The van der Waals surface area contributed by atoms with E-state index in [0.717, 1.165) is 5.56 Å². The van der Waals surface area contributed by atoms with Crippen LogP contribution < -0.4 is 5.73 Å². The molecule has 0 aromatic carbocycles. The van der Waals surface area contributed by atoms with Crippen molar-refractivity contribution < 1.29 is 8.42 Å². The summed E-state index contributed by atoms with van der Waals surface area (Å²) in [5.41, 5.74) is 6.67. The second kappa shape index (κ2) is 4.10. The molecular formula is C8H15N3O2S. The summed E-state index contributed by atoms with van der Waals surface area (Å²) in [5, 5.41) is 3.97. The summed E-state index contributed by atoms with van der Waals surface area (Å²) in [7, 11) is -1.13. The van der Waals surface area contributed by atoms with Crippen LogP contribution >= 0.6 is 0 Å². The molecule has 0 aliphatic rings. The molecule has 1 heterocycles. The maximum absolute atomic E-state index is 10.9. The van der Waals surface area contributed by atoms with E-state index in [1.54, 1.807) is 24.1 Å². The Morgan fingerprint density at radius 1 is 1.64 bits per heavy atom. The van der Waals surface area contributed by atoms with E-state index in [4.69, 9.17) is 5.73 Å². The highest BCUT2D eigenvalue weighted by Gasteiger charge is 2.11. The number of nitrogens with zero attached hydrogens (tertiary/aromatic N) is 2. The predicted molar refractivity (Wildman–Crippen MR) is 54.5 cm³/mol. The average molecular weight is 217 g/mol. The zero-order valence-electron chi connectivity index (χ0n) is 8.34. The van der Waals surface area contributed by atoms with E-state index in [-0.39, 0.29) is 11.8 Å². The quantitative estimate of drug-likeness (QED) is 0.761. The SMILES string of the molecule is Cn1cc(C(N)CCS(C)(=O)=O)cn1. The standard InChI is InChI=1S/C8H15N3O2S/c1-11-6-7(5-10-11)8(9)3-4-14(2,12)13/h5-6,8H,3-4,9H2,1-2H3. The van der Waals surface area contributed by atoms with Gasteiger partial charge in [-0.1, -0.05) is 0 Å². The van der Waals surface area contributed by atoms with Crippen LogP contribution in [0.2, 0.25) is 0 Å². The lowest BCUT2D eigenvalue weighted by Gasteiger charge is -2.07. The van der Waals surface area contributed by atoms with Gasteiger partial charge in [-0.15, -0.1) is 0 Å². The molecule has 1 aromatic rings. The van der Waals surface area contributed by atoms with E-state index in [2.05, 4.69) is 5.10 Å². The Morgan fingerprint density at radius 3 is 2.71 bits per heavy atom. The fraction of sp³-hybridized carbons (Fsp3) is 0.625. The van der Waals surface area contributed by atoms with Crippen molar-refractivity contribution in [3.8, 4) is 0 Å². The van der Waals surface area contributed by atoms with Crippen molar-refractivity contribution >= 4 is 9.84 Å². The third-order valence-corrected chi connectivity index (χ3v) is 2.93. The molecule has 5 nitrogen and oxygen atoms in total. The highest BCUT2D eigenvalue weighted by Crippen LogP contribution is 2.12. The Bertz CT molecular complexity index is 396. The summed E-state index contributed by atoms with van der Waals surface area (Å²) in [6.07, 6.45) is 5.10. The van der Waals surface area contributed by atoms with Crippen LogP contribution in [0.5, 0.6) is 0 Å². The van der Waals surface area contributed by atoms with Gasteiger partial charge in [-0.05, 0) is 6.42 Å². The van der Waals surface area contributed by atoms with Crippen LogP contribution in [0.25, 0.3) is 0 Å². The first kappa shape index (κ1) is 11.2. The summed E-state index contributed by atoms with van der Waals surface area (Å²) in [6.45, 7) is 0. The van der Waals surface area contributed by atoms with Crippen LogP contribution in [0.1, 0.15) is 18.0 Å². The van der Waals surface area contributed by atoms with Gasteiger partial charge in [0.15, 0.2) is 0 Å². The number of hydrogen-bond donors (Lipinski definition) is 1. The summed E-state index contributed by atoms with van der Waals surface area (Å²) in [5.74, 6) is 0.114. The second-order valence-corrected chi connectivity index (χ2v) is 5.73. The molecule has 0 spiro atoms. The van der Waals surface area contributed by atoms with Crippen LogP contribution in [0.15, 0.2) is 12.4 Å². The van der Waals surface area contributed by atoms with Gasteiger partial charge in [0.1, 0.15) is 9.84 Å². The Balaban J connectivity index is 2.55. The maximum atomic E-state index is 10.9. The molecule has 1 rings (SSSR count). The van der Waals surface area contributed by atoms with E-state index in [0.29, 0.717) is 6.42 Å². The predicted octanol–water partition coefficient (Wildman–Crippen LogP) is -0.145. The van der Waals surface area contributed by atoms with Gasteiger partial charge in [-0.2, -0.15) is 5.10 Å². The van der Waals surface area contributed by atoms with Crippen LogP contribution in [-0.2, 0) is 16.9 Å². The molecule has 0 radical (unpaired) electrons. The molecule has 0 saturated heterocycles. The molecule has 0 bridgehead atoms. The Labute approximate surface area is 83.8 Å². The molecule has 14 heavy (non-hydrogen) atoms. The zero-order valence-corrected chi connectivity index (χ0v) is 9.16. The molecular weight excluding hydrogens is 202 g/mol. The third-order valence-electron chi connectivity index (χ3n) is 1.95. The molecule has 2 N–H and O–H groups in total. The molecule has 0 aliphatic carbocycles. The molecule has 1 unspecified atom stereocenters. The largest absolute Gasteiger partial charge is 0.324 e. The number of sulfone groups is 1. The smallest absolute Gasteiger partial charge is 0.147 e. The number of nitrogens with two attached hydrogens (primary N) is 1. The van der Waals surface area contributed by atoms with E-state index in [1.165, 1.54) is 6.26 Å². The molecule has 80 valence electrons. The first-order valence-electron chi connectivity index (χ1n) is 4.30. The number of aryl methyl sites for hydroxylation is 1. The Hall–Kier alpha value is -0.880. The molecule has 0 fully saturated rings.